The summed E-state index contributed by atoms with van der Waals surface area (Å²) in [6, 6.07) is 23.9. The second-order valence-corrected chi connectivity index (χ2v) is 8.73. The third-order valence-electron chi connectivity index (χ3n) is 4.74. The Morgan fingerprint density at radius 3 is 1.96 bits per heavy atom. The average Bonchev–Trinajstić information content (AvgIpc) is 3.08. The molecule has 1 amide bonds. The van der Waals surface area contributed by atoms with E-state index in [1.54, 1.807) is 18.2 Å². The maximum absolute atomic E-state index is 13.4. The van der Waals surface area contributed by atoms with Crippen molar-refractivity contribution in [2.75, 3.05) is 5.32 Å². The lowest BCUT2D eigenvalue weighted by molar-refractivity contribution is -0.115. The molecule has 3 aromatic rings. The highest BCUT2D eigenvalue weighted by molar-refractivity contribution is 7.89. The molecule has 0 atom stereocenters. The molecule has 0 aliphatic carbocycles. The summed E-state index contributed by atoms with van der Waals surface area (Å²) in [5.74, 6) is -0.116. The standard InChI is InChI=1S/C22H20N2O3S/c25-22-14-19-13-20(11-12-21(19)23-22)28(26,27)24(15-17-7-3-1-4-8-17)16-18-9-5-2-6-10-18/h1-13H,14-16H2,(H,23,25). The zero-order valence-corrected chi connectivity index (χ0v) is 16.0. The van der Waals surface area contributed by atoms with Gasteiger partial charge < -0.3 is 5.32 Å². The summed E-state index contributed by atoms with van der Waals surface area (Å²) >= 11 is 0. The van der Waals surface area contributed by atoms with Gasteiger partial charge >= 0.3 is 0 Å². The van der Waals surface area contributed by atoms with E-state index < -0.39 is 10.0 Å². The number of hydrogen-bond donors (Lipinski definition) is 1. The van der Waals surface area contributed by atoms with Crippen LogP contribution in [0.4, 0.5) is 5.69 Å². The maximum atomic E-state index is 13.4. The maximum Gasteiger partial charge on any atom is 0.243 e. The quantitative estimate of drug-likeness (QED) is 0.697. The summed E-state index contributed by atoms with van der Waals surface area (Å²) in [6.07, 6.45) is 0.204. The number of nitrogens with zero attached hydrogens (tertiary/aromatic N) is 1. The predicted molar refractivity (Wildman–Crippen MR) is 108 cm³/mol. The van der Waals surface area contributed by atoms with Crippen LogP contribution in [-0.2, 0) is 34.3 Å². The van der Waals surface area contributed by atoms with Crippen LogP contribution in [0.3, 0.4) is 0 Å². The van der Waals surface area contributed by atoms with Gasteiger partial charge in [0.05, 0.1) is 11.3 Å². The van der Waals surface area contributed by atoms with Crippen LogP contribution in [0.5, 0.6) is 0 Å². The van der Waals surface area contributed by atoms with Crippen molar-refractivity contribution in [1.29, 1.82) is 0 Å². The molecule has 0 bridgehead atoms. The van der Waals surface area contributed by atoms with Crippen molar-refractivity contribution in [2.24, 2.45) is 0 Å². The van der Waals surface area contributed by atoms with Gasteiger partial charge in [0.15, 0.2) is 0 Å². The summed E-state index contributed by atoms with van der Waals surface area (Å²) in [5.41, 5.74) is 3.23. The predicted octanol–water partition coefficient (Wildman–Crippen LogP) is 3.57. The van der Waals surface area contributed by atoms with Crippen molar-refractivity contribution in [1.82, 2.24) is 4.31 Å². The van der Waals surface area contributed by atoms with Crippen molar-refractivity contribution in [3.63, 3.8) is 0 Å². The van der Waals surface area contributed by atoms with Crippen LogP contribution < -0.4 is 5.32 Å². The second-order valence-electron chi connectivity index (χ2n) is 6.79. The molecule has 28 heavy (non-hydrogen) atoms. The Hall–Kier alpha value is -2.96. The molecule has 4 rings (SSSR count). The number of anilines is 1. The Balaban J connectivity index is 1.70. The average molecular weight is 392 g/mol. The van der Waals surface area contributed by atoms with Crippen LogP contribution >= 0.6 is 0 Å². The van der Waals surface area contributed by atoms with Gasteiger partial charge in [-0.05, 0) is 34.9 Å². The molecule has 0 unspecified atom stereocenters. The van der Waals surface area contributed by atoms with Gasteiger partial charge in [0.2, 0.25) is 15.9 Å². The van der Waals surface area contributed by atoms with Gasteiger partial charge in [0.1, 0.15) is 0 Å². The molecule has 1 aliphatic heterocycles. The fourth-order valence-electron chi connectivity index (χ4n) is 3.32. The molecule has 142 valence electrons. The van der Waals surface area contributed by atoms with Crippen LogP contribution in [0.1, 0.15) is 16.7 Å². The summed E-state index contributed by atoms with van der Waals surface area (Å²) in [6.45, 7) is 0.540. The highest BCUT2D eigenvalue weighted by atomic mass is 32.2. The molecule has 0 radical (unpaired) electrons. The van der Waals surface area contributed by atoms with E-state index in [2.05, 4.69) is 5.32 Å². The number of rotatable bonds is 6. The highest BCUT2D eigenvalue weighted by Gasteiger charge is 2.27. The van der Waals surface area contributed by atoms with E-state index in [0.29, 0.717) is 11.3 Å². The molecule has 0 saturated heterocycles. The fourth-order valence-corrected chi connectivity index (χ4v) is 4.78. The summed E-state index contributed by atoms with van der Waals surface area (Å²) < 4.78 is 28.4. The van der Waals surface area contributed by atoms with Crippen LogP contribution in [0, 0.1) is 0 Å². The largest absolute Gasteiger partial charge is 0.326 e. The zero-order chi connectivity index (χ0) is 19.6. The number of nitrogens with one attached hydrogen (secondary N) is 1. The Morgan fingerprint density at radius 1 is 0.821 bits per heavy atom. The Kier molecular flexibility index (Phi) is 4.98. The van der Waals surface area contributed by atoms with E-state index in [1.165, 1.54) is 4.31 Å². The fraction of sp³-hybridized carbons (Fsp3) is 0.136. The molecule has 1 heterocycles. The number of carbonyl (C=O) groups is 1. The van der Waals surface area contributed by atoms with Gasteiger partial charge in [-0.3, -0.25) is 4.79 Å². The van der Waals surface area contributed by atoms with Crippen molar-refractivity contribution in [2.45, 2.75) is 24.4 Å². The van der Waals surface area contributed by atoms with E-state index >= 15 is 0 Å². The number of hydrogen-bond acceptors (Lipinski definition) is 3. The molecule has 1 aliphatic rings. The number of sulfonamides is 1. The van der Waals surface area contributed by atoms with Crippen LogP contribution in [0.15, 0.2) is 83.8 Å². The van der Waals surface area contributed by atoms with E-state index in [0.717, 1.165) is 11.1 Å². The summed E-state index contributed by atoms with van der Waals surface area (Å²) in [4.78, 5) is 11.8. The number of benzene rings is 3. The first-order valence-electron chi connectivity index (χ1n) is 9.03. The molecule has 0 spiro atoms. The third kappa shape index (κ3) is 3.83. The molecule has 0 saturated carbocycles. The van der Waals surface area contributed by atoms with Crippen LogP contribution in [0.2, 0.25) is 0 Å². The van der Waals surface area contributed by atoms with Gasteiger partial charge in [-0.2, -0.15) is 4.31 Å². The molecule has 3 aromatic carbocycles. The molecule has 0 aromatic heterocycles. The minimum Gasteiger partial charge on any atom is -0.326 e. The van der Waals surface area contributed by atoms with Gasteiger partial charge in [-0.15, -0.1) is 0 Å². The van der Waals surface area contributed by atoms with Gasteiger partial charge in [-0.25, -0.2) is 8.42 Å². The number of fused-ring (bicyclic) bond motifs is 1. The molecular weight excluding hydrogens is 372 g/mol. The molecular formula is C22H20N2O3S. The molecule has 6 heteroatoms. The summed E-state index contributed by atoms with van der Waals surface area (Å²) in [7, 11) is -3.74. The van der Waals surface area contributed by atoms with E-state index in [1.807, 2.05) is 60.7 Å². The lowest BCUT2D eigenvalue weighted by atomic mass is 10.2. The smallest absolute Gasteiger partial charge is 0.243 e. The van der Waals surface area contributed by atoms with Crippen molar-refractivity contribution < 1.29 is 13.2 Å². The topological polar surface area (TPSA) is 66.5 Å². The minimum atomic E-state index is -3.74. The molecule has 5 nitrogen and oxygen atoms in total. The van der Waals surface area contributed by atoms with E-state index in [-0.39, 0.29) is 30.3 Å². The van der Waals surface area contributed by atoms with Crippen LogP contribution in [-0.4, -0.2) is 18.6 Å². The van der Waals surface area contributed by atoms with Gasteiger partial charge in [0.25, 0.3) is 0 Å². The normalized spacial score (nSPS) is 13.4. The lowest BCUT2D eigenvalue weighted by Crippen LogP contribution is -2.30. The van der Waals surface area contributed by atoms with E-state index in [4.69, 9.17) is 0 Å². The Labute approximate surface area is 164 Å². The lowest BCUT2D eigenvalue weighted by Gasteiger charge is -2.23. The Bertz CT molecular complexity index is 1060. The zero-order valence-electron chi connectivity index (χ0n) is 15.2. The second kappa shape index (κ2) is 7.58. The minimum absolute atomic E-state index is 0.116. The first kappa shape index (κ1) is 18.4. The van der Waals surface area contributed by atoms with Crippen molar-refractivity contribution in [3.8, 4) is 0 Å². The monoisotopic (exact) mass is 392 g/mol. The number of carbonyl (C=O) groups excluding carboxylic acids is 1. The van der Waals surface area contributed by atoms with E-state index in [9.17, 15) is 13.2 Å². The molecule has 1 N–H and O–H groups in total. The van der Waals surface area contributed by atoms with Crippen molar-refractivity contribution >= 4 is 21.6 Å². The Morgan fingerprint density at radius 2 is 1.39 bits per heavy atom. The SMILES string of the molecule is O=C1Cc2cc(S(=O)(=O)N(Cc3ccccc3)Cc3ccccc3)ccc2N1. The highest BCUT2D eigenvalue weighted by Crippen LogP contribution is 2.28. The summed E-state index contributed by atoms with van der Waals surface area (Å²) in [5, 5.41) is 2.74. The molecule has 0 fully saturated rings. The van der Waals surface area contributed by atoms with Gasteiger partial charge in [0, 0.05) is 18.8 Å². The number of amides is 1. The van der Waals surface area contributed by atoms with Gasteiger partial charge in [-0.1, -0.05) is 60.7 Å². The third-order valence-corrected chi connectivity index (χ3v) is 6.53. The van der Waals surface area contributed by atoms with Crippen LogP contribution in [0.25, 0.3) is 0 Å². The first-order chi connectivity index (χ1) is 13.5. The van der Waals surface area contributed by atoms with Crippen molar-refractivity contribution in [3.05, 3.63) is 95.6 Å². The first-order valence-corrected chi connectivity index (χ1v) is 10.5.